The Morgan fingerprint density at radius 1 is 0.889 bits per heavy atom. The van der Waals surface area contributed by atoms with Gasteiger partial charge in [-0.15, -0.1) is 0 Å². The van der Waals surface area contributed by atoms with E-state index < -0.39 is 12.0 Å². The van der Waals surface area contributed by atoms with E-state index in [9.17, 15) is 14.4 Å². The second kappa shape index (κ2) is 10.2. The lowest BCUT2D eigenvalue weighted by Gasteiger charge is -2.41. The van der Waals surface area contributed by atoms with Crippen molar-refractivity contribution in [3.8, 4) is 5.75 Å². The molecule has 2 unspecified atom stereocenters. The number of amides is 3. The third-order valence-electron chi connectivity index (χ3n) is 6.77. The van der Waals surface area contributed by atoms with Gasteiger partial charge < -0.3 is 20.3 Å². The number of para-hydroxylation sites is 1. The highest BCUT2D eigenvalue weighted by Crippen LogP contribution is 2.41. The zero-order valence-corrected chi connectivity index (χ0v) is 20.1. The molecule has 2 aliphatic rings. The maximum absolute atomic E-state index is 13.7. The fourth-order valence-electron chi connectivity index (χ4n) is 4.75. The predicted molar refractivity (Wildman–Crippen MR) is 138 cm³/mol. The first kappa shape index (κ1) is 23.6. The Labute approximate surface area is 210 Å². The topological polar surface area (TPSA) is 87.7 Å². The summed E-state index contributed by atoms with van der Waals surface area (Å²) >= 11 is 0. The normalized spacial score (nSPS) is 19.5. The highest BCUT2D eigenvalue weighted by atomic mass is 16.5. The van der Waals surface area contributed by atoms with E-state index in [0.29, 0.717) is 29.1 Å². The summed E-state index contributed by atoms with van der Waals surface area (Å²) in [4.78, 5) is 41.4. The summed E-state index contributed by atoms with van der Waals surface area (Å²) in [7, 11) is 1.59. The van der Waals surface area contributed by atoms with Crippen molar-refractivity contribution in [1.82, 2.24) is 5.32 Å². The van der Waals surface area contributed by atoms with Gasteiger partial charge in [0.25, 0.3) is 5.91 Å². The Bertz CT molecular complexity index is 1260. The van der Waals surface area contributed by atoms with Gasteiger partial charge in [-0.2, -0.15) is 0 Å². The van der Waals surface area contributed by atoms with E-state index in [2.05, 4.69) is 10.6 Å². The quantitative estimate of drug-likeness (QED) is 0.510. The number of nitrogens with zero attached hydrogens (tertiary/aromatic N) is 1. The first-order valence-electron chi connectivity index (χ1n) is 12.3. The Hall–Kier alpha value is -4.13. The number of benzene rings is 3. The highest BCUT2D eigenvalue weighted by Gasteiger charge is 2.41. The van der Waals surface area contributed by atoms with E-state index >= 15 is 0 Å². The minimum absolute atomic E-state index is 0.0396. The molecule has 0 radical (unpaired) electrons. The van der Waals surface area contributed by atoms with Crippen LogP contribution in [0.25, 0.3) is 0 Å². The number of methoxy groups -OCH3 is 1. The molecule has 0 bridgehead atoms. The van der Waals surface area contributed by atoms with E-state index in [1.54, 1.807) is 36.3 Å². The Kier molecular flexibility index (Phi) is 6.71. The molecule has 3 amide bonds. The molecule has 184 valence electrons. The molecule has 36 heavy (non-hydrogen) atoms. The van der Waals surface area contributed by atoms with Crippen molar-refractivity contribution in [3.05, 3.63) is 90.0 Å². The second-order valence-corrected chi connectivity index (χ2v) is 9.25. The maximum atomic E-state index is 13.7. The van der Waals surface area contributed by atoms with E-state index in [1.807, 2.05) is 54.6 Å². The van der Waals surface area contributed by atoms with Crippen molar-refractivity contribution in [2.45, 2.75) is 37.8 Å². The van der Waals surface area contributed by atoms with Gasteiger partial charge in [0.2, 0.25) is 11.8 Å². The van der Waals surface area contributed by atoms with Crippen molar-refractivity contribution < 1.29 is 19.1 Å². The largest absolute Gasteiger partial charge is 0.497 e. The average molecular weight is 484 g/mol. The summed E-state index contributed by atoms with van der Waals surface area (Å²) in [6.45, 7) is 0. The second-order valence-electron chi connectivity index (χ2n) is 9.25. The first-order chi connectivity index (χ1) is 17.5. The summed E-state index contributed by atoms with van der Waals surface area (Å²) in [6, 6.07) is 23.7. The maximum Gasteiger partial charge on any atom is 0.253 e. The van der Waals surface area contributed by atoms with Crippen LogP contribution < -0.4 is 20.3 Å². The number of carbonyl (C=O) groups excluding carboxylic acids is 3. The molecule has 1 saturated carbocycles. The average Bonchev–Trinajstić information content (AvgIpc) is 3.73. The summed E-state index contributed by atoms with van der Waals surface area (Å²) in [5.41, 5.74) is 2.49. The monoisotopic (exact) mass is 483 g/mol. The molecule has 3 aromatic carbocycles. The van der Waals surface area contributed by atoms with Crippen LogP contribution in [0.3, 0.4) is 0 Å². The molecule has 3 aromatic rings. The van der Waals surface area contributed by atoms with Crippen LogP contribution in [0, 0.1) is 5.92 Å². The van der Waals surface area contributed by atoms with Gasteiger partial charge in [0.1, 0.15) is 5.75 Å². The van der Waals surface area contributed by atoms with Crippen LogP contribution in [-0.2, 0) is 9.59 Å². The number of hydrogen-bond donors (Lipinski definition) is 2. The number of ether oxygens (including phenoxy) is 1. The van der Waals surface area contributed by atoms with Crippen molar-refractivity contribution >= 4 is 29.1 Å². The zero-order chi connectivity index (χ0) is 25.1. The number of nitrogens with one attached hydrogen (secondary N) is 2. The van der Waals surface area contributed by atoms with Crippen LogP contribution in [0.1, 0.15) is 47.6 Å². The van der Waals surface area contributed by atoms with Crippen LogP contribution >= 0.6 is 0 Å². The molecule has 2 atom stereocenters. The standard InChI is InChI=1S/C29H29N3O4/c1-36-22-15-13-21(14-16-22)32-26(33)18-17-24(27(32)19-7-3-2-4-8-19)29(35)31-25-10-6-5-9-23(25)28(34)30-20-11-12-20/h2-10,13-16,20,24,27H,11-12,17-18H2,1H3,(H,30,34)(H,31,35). The molecule has 7 heteroatoms. The number of hydrogen-bond acceptors (Lipinski definition) is 4. The summed E-state index contributed by atoms with van der Waals surface area (Å²) in [5, 5.41) is 5.99. The van der Waals surface area contributed by atoms with Crippen LogP contribution in [0.5, 0.6) is 5.75 Å². The molecule has 1 saturated heterocycles. The van der Waals surface area contributed by atoms with Gasteiger partial charge in [0.15, 0.2) is 0 Å². The molecule has 2 fully saturated rings. The van der Waals surface area contributed by atoms with Gasteiger partial charge in [0, 0.05) is 18.2 Å². The number of rotatable bonds is 7. The van der Waals surface area contributed by atoms with Crippen molar-refractivity contribution in [1.29, 1.82) is 0 Å². The third kappa shape index (κ3) is 4.96. The lowest BCUT2D eigenvalue weighted by atomic mass is 9.83. The van der Waals surface area contributed by atoms with E-state index in [1.165, 1.54) is 0 Å². The molecule has 5 rings (SSSR count). The molecule has 7 nitrogen and oxygen atoms in total. The van der Waals surface area contributed by atoms with Gasteiger partial charge in [-0.3, -0.25) is 14.4 Å². The number of piperidine rings is 1. The molecule has 0 aromatic heterocycles. The Morgan fingerprint density at radius 3 is 2.28 bits per heavy atom. The van der Waals surface area contributed by atoms with Crippen LogP contribution in [0.4, 0.5) is 11.4 Å². The first-order valence-corrected chi connectivity index (χ1v) is 12.3. The predicted octanol–water partition coefficient (Wildman–Crippen LogP) is 4.71. The molecule has 1 heterocycles. The van der Waals surface area contributed by atoms with Crippen LogP contribution in [0.15, 0.2) is 78.9 Å². The smallest absolute Gasteiger partial charge is 0.253 e. The molecule has 0 spiro atoms. The minimum Gasteiger partial charge on any atom is -0.497 e. The number of carbonyl (C=O) groups is 3. The molecular weight excluding hydrogens is 454 g/mol. The Morgan fingerprint density at radius 2 is 1.58 bits per heavy atom. The lowest BCUT2D eigenvalue weighted by molar-refractivity contribution is -0.125. The third-order valence-corrected chi connectivity index (χ3v) is 6.77. The van der Waals surface area contributed by atoms with Crippen LogP contribution in [0.2, 0.25) is 0 Å². The van der Waals surface area contributed by atoms with Crippen molar-refractivity contribution in [2.75, 3.05) is 17.3 Å². The lowest BCUT2D eigenvalue weighted by Crippen LogP contribution is -2.47. The fourth-order valence-corrected chi connectivity index (χ4v) is 4.75. The van der Waals surface area contributed by atoms with Gasteiger partial charge in [-0.05, 0) is 61.2 Å². The van der Waals surface area contributed by atoms with Crippen molar-refractivity contribution in [2.24, 2.45) is 5.92 Å². The SMILES string of the molecule is COc1ccc(N2C(=O)CCC(C(=O)Nc3ccccc3C(=O)NC3CC3)C2c2ccccc2)cc1. The highest BCUT2D eigenvalue weighted by molar-refractivity contribution is 6.05. The summed E-state index contributed by atoms with van der Waals surface area (Å²) in [5.74, 6) is -0.267. The van der Waals surface area contributed by atoms with Crippen LogP contribution in [-0.4, -0.2) is 30.9 Å². The van der Waals surface area contributed by atoms with E-state index in [-0.39, 0.29) is 30.2 Å². The summed E-state index contributed by atoms with van der Waals surface area (Å²) in [6.07, 6.45) is 2.62. The Balaban J connectivity index is 1.47. The molecule has 2 N–H and O–H groups in total. The molecule has 1 aliphatic heterocycles. The van der Waals surface area contributed by atoms with Gasteiger partial charge in [0.05, 0.1) is 30.3 Å². The molecular formula is C29H29N3O4. The van der Waals surface area contributed by atoms with Gasteiger partial charge in [-0.1, -0.05) is 42.5 Å². The minimum atomic E-state index is -0.508. The number of anilines is 2. The summed E-state index contributed by atoms with van der Waals surface area (Å²) < 4.78 is 5.28. The van der Waals surface area contributed by atoms with Gasteiger partial charge in [-0.25, -0.2) is 0 Å². The fraction of sp³-hybridized carbons (Fsp3) is 0.276. The van der Waals surface area contributed by atoms with Crippen molar-refractivity contribution in [3.63, 3.8) is 0 Å². The zero-order valence-electron chi connectivity index (χ0n) is 20.1. The van der Waals surface area contributed by atoms with E-state index in [4.69, 9.17) is 4.74 Å². The molecule has 1 aliphatic carbocycles. The van der Waals surface area contributed by atoms with E-state index in [0.717, 1.165) is 18.4 Å². The van der Waals surface area contributed by atoms with Gasteiger partial charge >= 0.3 is 0 Å².